The lowest BCUT2D eigenvalue weighted by Crippen LogP contribution is -2.00. The second-order valence-electron chi connectivity index (χ2n) is 13.4. The number of para-hydroxylation sites is 1. The van der Waals surface area contributed by atoms with Gasteiger partial charge in [0.05, 0.1) is 11.2 Å². The van der Waals surface area contributed by atoms with Crippen molar-refractivity contribution in [3.63, 3.8) is 0 Å². The van der Waals surface area contributed by atoms with Crippen molar-refractivity contribution in [2.24, 2.45) is 0 Å². The molecule has 0 aliphatic heterocycles. The zero-order valence-corrected chi connectivity index (χ0v) is 29.3. The van der Waals surface area contributed by atoms with Crippen molar-refractivity contribution < 1.29 is 0 Å². The molecule has 4 heteroatoms. The van der Waals surface area contributed by atoms with Gasteiger partial charge in [0, 0.05) is 44.0 Å². The van der Waals surface area contributed by atoms with Crippen LogP contribution in [-0.4, -0.2) is 19.9 Å². The van der Waals surface area contributed by atoms with Crippen molar-refractivity contribution in [3.05, 3.63) is 194 Å². The van der Waals surface area contributed by atoms with Crippen molar-refractivity contribution in [2.45, 2.75) is 0 Å². The molecule has 0 aliphatic carbocycles. The van der Waals surface area contributed by atoms with Gasteiger partial charge >= 0.3 is 0 Å². The Morgan fingerprint density at radius 1 is 0.259 bits per heavy atom. The lowest BCUT2D eigenvalue weighted by atomic mass is 9.89. The lowest BCUT2D eigenvalue weighted by molar-refractivity contribution is 1.07. The van der Waals surface area contributed by atoms with E-state index in [1.54, 1.807) is 0 Å². The molecule has 8 aromatic carbocycles. The van der Waals surface area contributed by atoms with Gasteiger partial charge in [0.25, 0.3) is 0 Å². The molecule has 2 heterocycles. The van der Waals surface area contributed by atoms with Crippen LogP contribution in [0.3, 0.4) is 0 Å². The Kier molecular flexibility index (Phi) is 7.77. The Morgan fingerprint density at radius 2 is 0.704 bits per heavy atom. The predicted octanol–water partition coefficient (Wildman–Crippen LogP) is 12.7. The fourth-order valence-electron chi connectivity index (χ4n) is 7.55. The van der Waals surface area contributed by atoms with Crippen LogP contribution in [0.5, 0.6) is 0 Å². The number of fused-ring (bicyclic) bond motifs is 4. The third kappa shape index (κ3) is 5.58. The van der Waals surface area contributed by atoms with Gasteiger partial charge in [-0.15, -0.1) is 0 Å². The van der Waals surface area contributed by atoms with E-state index in [1.807, 2.05) is 60.7 Å². The van der Waals surface area contributed by atoms with E-state index in [4.69, 9.17) is 19.9 Å². The van der Waals surface area contributed by atoms with Crippen molar-refractivity contribution in [3.8, 4) is 67.7 Å². The van der Waals surface area contributed by atoms with Crippen LogP contribution >= 0.6 is 0 Å². The molecule has 0 fully saturated rings. The maximum atomic E-state index is 5.49. The molecule has 10 aromatic rings. The first-order valence-corrected chi connectivity index (χ1v) is 18.2. The Hall–Kier alpha value is -7.30. The third-order valence-corrected chi connectivity index (χ3v) is 10.1. The van der Waals surface area contributed by atoms with Gasteiger partial charge in [0.2, 0.25) is 0 Å². The van der Waals surface area contributed by atoms with Gasteiger partial charge in [-0.25, -0.2) is 19.9 Å². The van der Waals surface area contributed by atoms with Gasteiger partial charge in [0.15, 0.2) is 17.5 Å². The van der Waals surface area contributed by atoms with Crippen LogP contribution in [0, 0.1) is 0 Å². The van der Waals surface area contributed by atoms with Crippen LogP contribution in [0.1, 0.15) is 0 Å². The summed E-state index contributed by atoms with van der Waals surface area (Å²) < 4.78 is 0. The molecule has 10 rings (SSSR count). The molecule has 0 radical (unpaired) electrons. The zero-order chi connectivity index (χ0) is 35.8. The molecule has 2 aromatic heterocycles. The van der Waals surface area contributed by atoms with Gasteiger partial charge in [-0.3, -0.25) is 0 Å². The van der Waals surface area contributed by atoms with Gasteiger partial charge in [-0.2, -0.15) is 0 Å². The van der Waals surface area contributed by atoms with Crippen molar-refractivity contribution in [2.75, 3.05) is 0 Å². The molecule has 0 aliphatic rings. The van der Waals surface area contributed by atoms with Crippen LogP contribution in [0.4, 0.5) is 0 Å². The molecule has 0 spiro atoms. The van der Waals surface area contributed by atoms with Gasteiger partial charge in [-0.1, -0.05) is 194 Å². The Labute approximate surface area is 313 Å². The summed E-state index contributed by atoms with van der Waals surface area (Å²) in [6, 6.07) is 67.6. The molecular weight excluding hydrogens is 657 g/mol. The number of pyridine rings is 1. The summed E-state index contributed by atoms with van der Waals surface area (Å²) in [5.41, 5.74) is 10.4. The minimum Gasteiger partial charge on any atom is -0.246 e. The number of benzene rings is 8. The van der Waals surface area contributed by atoms with E-state index in [0.717, 1.165) is 55.4 Å². The van der Waals surface area contributed by atoms with Crippen molar-refractivity contribution in [1.82, 2.24) is 19.9 Å². The van der Waals surface area contributed by atoms with E-state index < -0.39 is 0 Å². The van der Waals surface area contributed by atoms with E-state index in [0.29, 0.717) is 17.5 Å². The molecule has 54 heavy (non-hydrogen) atoms. The molecule has 0 atom stereocenters. The Morgan fingerprint density at radius 3 is 1.35 bits per heavy atom. The summed E-state index contributed by atoms with van der Waals surface area (Å²) >= 11 is 0. The molecule has 0 amide bonds. The number of aromatic nitrogens is 4. The van der Waals surface area contributed by atoms with Crippen LogP contribution in [-0.2, 0) is 0 Å². The largest absolute Gasteiger partial charge is 0.246 e. The van der Waals surface area contributed by atoms with Crippen molar-refractivity contribution >= 4 is 32.4 Å². The van der Waals surface area contributed by atoms with Gasteiger partial charge in [-0.05, 0) is 27.5 Å². The highest BCUT2D eigenvalue weighted by Crippen LogP contribution is 2.42. The van der Waals surface area contributed by atoms with E-state index >= 15 is 0 Å². The summed E-state index contributed by atoms with van der Waals surface area (Å²) in [6.07, 6.45) is 0. The smallest absolute Gasteiger partial charge is 0.164 e. The number of nitrogens with zero attached hydrogens (tertiary/aromatic N) is 4. The van der Waals surface area contributed by atoms with E-state index in [2.05, 4.69) is 133 Å². The Bertz CT molecular complexity index is 2900. The molecule has 0 bridgehead atoms. The summed E-state index contributed by atoms with van der Waals surface area (Å²) in [6.45, 7) is 0. The summed E-state index contributed by atoms with van der Waals surface area (Å²) in [4.78, 5) is 20.3. The van der Waals surface area contributed by atoms with E-state index in [-0.39, 0.29) is 0 Å². The quantitative estimate of drug-likeness (QED) is 0.163. The first-order valence-electron chi connectivity index (χ1n) is 18.2. The van der Waals surface area contributed by atoms with E-state index in [1.165, 1.54) is 27.3 Å². The lowest BCUT2D eigenvalue weighted by Gasteiger charge is -2.17. The van der Waals surface area contributed by atoms with Gasteiger partial charge in [0.1, 0.15) is 0 Å². The maximum absolute atomic E-state index is 5.49. The molecule has 4 nitrogen and oxygen atoms in total. The van der Waals surface area contributed by atoms with Crippen LogP contribution < -0.4 is 0 Å². The molecule has 0 N–H and O–H groups in total. The summed E-state index contributed by atoms with van der Waals surface area (Å²) in [5.74, 6) is 1.91. The highest BCUT2D eigenvalue weighted by atomic mass is 15.0. The SMILES string of the molecule is c1ccc(-c2nc(-c3ccccc3)nc(-c3ccc(-c4cccc5c4nc(-c4ccccc4)c4cccc(-c6cccc7ccccc67)c45)cc3)n2)cc1. The van der Waals surface area contributed by atoms with Crippen LogP contribution in [0.2, 0.25) is 0 Å². The third-order valence-electron chi connectivity index (χ3n) is 10.1. The van der Waals surface area contributed by atoms with Crippen molar-refractivity contribution in [1.29, 1.82) is 0 Å². The number of hydrogen-bond acceptors (Lipinski definition) is 4. The number of rotatable bonds is 6. The second kappa shape index (κ2) is 13.4. The standard InChI is InChI=1S/C50H32N4/c1-4-16-35(17-5-1)46-43-27-14-26-42(41-25-12-22-33-15-10-11-23-39(33)41)45(43)44-28-13-24-40(47(44)51-46)34-29-31-38(32-30-34)50-53-48(36-18-6-2-7-19-36)52-49(54-50)37-20-8-3-9-21-37/h1-32H. The highest BCUT2D eigenvalue weighted by Gasteiger charge is 2.19. The Balaban J connectivity index is 1.16. The predicted molar refractivity (Wildman–Crippen MR) is 223 cm³/mol. The van der Waals surface area contributed by atoms with Crippen LogP contribution in [0.15, 0.2) is 194 Å². The topological polar surface area (TPSA) is 51.6 Å². The zero-order valence-electron chi connectivity index (χ0n) is 29.3. The minimum atomic E-state index is 0.627. The highest BCUT2D eigenvalue weighted by molar-refractivity contribution is 6.20. The first-order chi connectivity index (χ1) is 26.8. The van der Waals surface area contributed by atoms with E-state index in [9.17, 15) is 0 Å². The second-order valence-corrected chi connectivity index (χ2v) is 13.4. The molecular formula is C50H32N4. The average molecular weight is 689 g/mol. The normalized spacial score (nSPS) is 11.3. The number of hydrogen-bond donors (Lipinski definition) is 0. The molecule has 252 valence electrons. The molecule has 0 unspecified atom stereocenters. The molecule has 0 saturated heterocycles. The average Bonchev–Trinajstić information content (AvgIpc) is 3.26. The summed E-state index contributed by atoms with van der Waals surface area (Å²) in [5, 5.41) is 5.90. The summed E-state index contributed by atoms with van der Waals surface area (Å²) in [7, 11) is 0. The molecule has 0 saturated carbocycles. The minimum absolute atomic E-state index is 0.627. The fraction of sp³-hybridized carbons (Fsp3) is 0. The first kappa shape index (κ1) is 31.4. The monoisotopic (exact) mass is 688 g/mol. The van der Waals surface area contributed by atoms with Gasteiger partial charge < -0.3 is 0 Å². The van der Waals surface area contributed by atoms with Crippen LogP contribution in [0.25, 0.3) is 100 Å². The fourth-order valence-corrected chi connectivity index (χ4v) is 7.55. The maximum Gasteiger partial charge on any atom is 0.164 e.